The average molecular weight is 465 g/mol. The minimum Gasteiger partial charge on any atom is -0.501 e. The smallest absolute Gasteiger partial charge is 0.0901 e. The van der Waals surface area contributed by atoms with Crippen molar-refractivity contribution in [2.75, 3.05) is 6.61 Å². The molecule has 1 heteroatoms. The van der Waals surface area contributed by atoms with Gasteiger partial charge in [0.15, 0.2) is 0 Å². The number of hydrogen-bond donors (Lipinski definition) is 0. The number of rotatable bonds is 27. The van der Waals surface area contributed by atoms with E-state index in [-0.39, 0.29) is 0 Å². The molecule has 1 unspecified atom stereocenters. The molecule has 1 nitrogen and oxygen atoms in total. The van der Waals surface area contributed by atoms with Gasteiger partial charge in [-0.25, -0.2) is 0 Å². The van der Waals surface area contributed by atoms with Crippen molar-refractivity contribution in [3.63, 3.8) is 0 Å². The van der Waals surface area contributed by atoms with Crippen LogP contribution in [0.1, 0.15) is 182 Å². The molecule has 0 N–H and O–H groups in total. The van der Waals surface area contributed by atoms with Crippen molar-refractivity contribution in [3.8, 4) is 0 Å². The minimum absolute atomic E-state index is 0.764. The summed E-state index contributed by atoms with van der Waals surface area (Å²) in [6, 6.07) is 0. The highest BCUT2D eigenvalue weighted by atomic mass is 16.5. The second-order valence-electron chi connectivity index (χ2n) is 10.7. The summed E-state index contributed by atoms with van der Waals surface area (Å²) in [6.45, 7) is 10.1. The third-order valence-electron chi connectivity index (χ3n) is 7.32. The van der Waals surface area contributed by atoms with E-state index in [1.165, 1.54) is 153 Å². The highest BCUT2D eigenvalue weighted by Gasteiger charge is 2.09. The molecule has 0 radical (unpaired) electrons. The minimum atomic E-state index is 0.764. The number of allylic oxidation sites excluding steroid dienone is 1. The van der Waals surface area contributed by atoms with Crippen LogP contribution in [0.5, 0.6) is 0 Å². The summed E-state index contributed by atoms with van der Waals surface area (Å²) in [7, 11) is 0. The highest BCUT2D eigenvalue weighted by molar-refractivity contribution is 4.96. The third kappa shape index (κ3) is 24.5. The van der Waals surface area contributed by atoms with E-state index >= 15 is 0 Å². The molecule has 0 saturated heterocycles. The highest BCUT2D eigenvalue weighted by Crippen LogP contribution is 2.21. The SMILES string of the molecule is CCCCCCCCCCCCC(CCCCCCCCCC)CO/C=C(\CC)CCCC. The maximum atomic E-state index is 6.15. The van der Waals surface area contributed by atoms with Gasteiger partial charge < -0.3 is 4.74 Å². The van der Waals surface area contributed by atoms with Gasteiger partial charge in [0.05, 0.1) is 12.9 Å². The Labute approximate surface area is 210 Å². The van der Waals surface area contributed by atoms with Crippen molar-refractivity contribution >= 4 is 0 Å². The van der Waals surface area contributed by atoms with Crippen LogP contribution in [0.2, 0.25) is 0 Å². The predicted octanol–water partition coefficient (Wildman–Crippen LogP) is 11.9. The van der Waals surface area contributed by atoms with Crippen LogP contribution < -0.4 is 0 Å². The molecule has 0 aliphatic carbocycles. The Hall–Kier alpha value is -0.460. The zero-order valence-electron chi connectivity index (χ0n) is 23.7. The number of ether oxygens (including phenoxy) is 1. The third-order valence-corrected chi connectivity index (χ3v) is 7.32. The molecule has 0 aromatic carbocycles. The molecule has 33 heavy (non-hydrogen) atoms. The van der Waals surface area contributed by atoms with Gasteiger partial charge in [0.1, 0.15) is 0 Å². The molecule has 0 fully saturated rings. The number of hydrogen-bond acceptors (Lipinski definition) is 1. The predicted molar refractivity (Wildman–Crippen MR) is 151 cm³/mol. The molecular formula is C32H64O. The monoisotopic (exact) mass is 464 g/mol. The van der Waals surface area contributed by atoms with Crippen LogP contribution in [0, 0.1) is 5.92 Å². The summed E-state index contributed by atoms with van der Waals surface area (Å²) >= 11 is 0. The second-order valence-corrected chi connectivity index (χ2v) is 10.7. The Balaban J connectivity index is 4.09. The normalized spacial score (nSPS) is 12.9. The van der Waals surface area contributed by atoms with Crippen molar-refractivity contribution in [3.05, 3.63) is 11.8 Å². The van der Waals surface area contributed by atoms with Crippen LogP contribution in [0.25, 0.3) is 0 Å². The molecule has 0 aromatic rings. The quantitative estimate of drug-likeness (QED) is 0.0867. The Morgan fingerprint density at radius 1 is 0.515 bits per heavy atom. The Morgan fingerprint density at radius 3 is 1.30 bits per heavy atom. The van der Waals surface area contributed by atoms with Gasteiger partial charge in [0.2, 0.25) is 0 Å². The molecule has 1 atom stereocenters. The summed E-state index contributed by atoms with van der Waals surface area (Å²) in [6.07, 6.45) is 35.5. The van der Waals surface area contributed by atoms with E-state index in [0.29, 0.717) is 0 Å². The second kappa shape index (κ2) is 27.8. The van der Waals surface area contributed by atoms with Crippen LogP contribution in [0.3, 0.4) is 0 Å². The van der Waals surface area contributed by atoms with Crippen LogP contribution in [0.15, 0.2) is 11.8 Å². The van der Waals surface area contributed by atoms with Crippen molar-refractivity contribution < 1.29 is 4.74 Å². The van der Waals surface area contributed by atoms with Gasteiger partial charge in [-0.3, -0.25) is 0 Å². The first-order valence-electron chi connectivity index (χ1n) is 15.6. The average Bonchev–Trinajstić information content (AvgIpc) is 2.83. The van der Waals surface area contributed by atoms with Crippen LogP contribution in [-0.4, -0.2) is 6.61 Å². The van der Waals surface area contributed by atoms with Crippen molar-refractivity contribution in [1.29, 1.82) is 0 Å². The van der Waals surface area contributed by atoms with Gasteiger partial charge in [0.25, 0.3) is 0 Å². The van der Waals surface area contributed by atoms with Crippen LogP contribution in [0.4, 0.5) is 0 Å². The lowest BCUT2D eigenvalue weighted by atomic mass is 9.94. The fraction of sp³-hybridized carbons (Fsp3) is 0.938. The molecular weight excluding hydrogens is 400 g/mol. The number of unbranched alkanes of at least 4 members (excludes halogenated alkanes) is 17. The van der Waals surface area contributed by atoms with Gasteiger partial charge in [-0.05, 0) is 43.6 Å². The first-order chi connectivity index (χ1) is 16.3. The fourth-order valence-corrected chi connectivity index (χ4v) is 4.82. The lowest BCUT2D eigenvalue weighted by Gasteiger charge is -2.17. The zero-order chi connectivity index (χ0) is 24.2. The molecule has 0 rings (SSSR count). The van der Waals surface area contributed by atoms with Crippen LogP contribution in [-0.2, 0) is 4.74 Å². The lowest BCUT2D eigenvalue weighted by Crippen LogP contribution is -2.08. The van der Waals surface area contributed by atoms with Gasteiger partial charge >= 0.3 is 0 Å². The Kier molecular flexibility index (Phi) is 27.4. The summed E-state index contributed by atoms with van der Waals surface area (Å²) in [5.41, 5.74) is 1.50. The maximum Gasteiger partial charge on any atom is 0.0901 e. The molecule has 0 aliphatic heterocycles. The maximum absolute atomic E-state index is 6.15. The van der Waals surface area contributed by atoms with Crippen molar-refractivity contribution in [2.24, 2.45) is 5.92 Å². The summed E-state index contributed by atoms with van der Waals surface area (Å²) in [4.78, 5) is 0. The molecule has 0 heterocycles. The molecule has 0 amide bonds. The standard InChI is InChI=1S/C32H64O/c1-5-9-12-14-16-18-19-21-23-25-28-32(27-24-22-20-17-15-13-10-6-2)30-33-29-31(8-4)26-11-7-3/h29,32H,5-28,30H2,1-4H3/b31-29+. The first kappa shape index (κ1) is 32.5. The van der Waals surface area contributed by atoms with Gasteiger partial charge in [-0.1, -0.05) is 150 Å². The topological polar surface area (TPSA) is 9.23 Å². The molecule has 0 spiro atoms. The molecule has 0 aliphatic rings. The summed E-state index contributed by atoms with van der Waals surface area (Å²) in [5, 5.41) is 0. The summed E-state index contributed by atoms with van der Waals surface area (Å²) in [5.74, 6) is 0.764. The molecule has 0 bridgehead atoms. The van der Waals surface area contributed by atoms with Gasteiger partial charge in [-0.2, -0.15) is 0 Å². The largest absolute Gasteiger partial charge is 0.501 e. The Morgan fingerprint density at radius 2 is 0.909 bits per heavy atom. The van der Waals surface area contributed by atoms with E-state index < -0.39 is 0 Å². The molecule has 198 valence electrons. The first-order valence-corrected chi connectivity index (χ1v) is 15.6. The van der Waals surface area contributed by atoms with E-state index in [2.05, 4.69) is 34.0 Å². The van der Waals surface area contributed by atoms with E-state index in [1.807, 2.05) is 0 Å². The Bertz CT molecular complexity index is 386. The lowest BCUT2D eigenvalue weighted by molar-refractivity contribution is 0.174. The van der Waals surface area contributed by atoms with E-state index in [1.54, 1.807) is 0 Å². The van der Waals surface area contributed by atoms with E-state index in [0.717, 1.165) is 18.9 Å². The molecule has 0 saturated carbocycles. The van der Waals surface area contributed by atoms with E-state index in [4.69, 9.17) is 4.74 Å². The van der Waals surface area contributed by atoms with Crippen LogP contribution >= 0.6 is 0 Å². The van der Waals surface area contributed by atoms with E-state index in [9.17, 15) is 0 Å². The van der Waals surface area contributed by atoms with Crippen molar-refractivity contribution in [1.82, 2.24) is 0 Å². The summed E-state index contributed by atoms with van der Waals surface area (Å²) < 4.78 is 6.15. The fourth-order valence-electron chi connectivity index (χ4n) is 4.82. The van der Waals surface area contributed by atoms with Crippen molar-refractivity contribution in [2.45, 2.75) is 182 Å². The molecule has 0 aromatic heterocycles. The van der Waals surface area contributed by atoms with Gasteiger partial charge in [-0.15, -0.1) is 0 Å². The zero-order valence-corrected chi connectivity index (χ0v) is 23.7. The van der Waals surface area contributed by atoms with Gasteiger partial charge in [0, 0.05) is 0 Å².